The number of benzene rings is 2. The first kappa shape index (κ1) is 21.0. The molecule has 1 saturated carbocycles. The number of pyridine rings is 1. The lowest BCUT2D eigenvalue weighted by atomic mass is 9.56. The number of rotatable bonds is 2. The van der Waals surface area contributed by atoms with E-state index in [1.807, 2.05) is 18.3 Å². The summed E-state index contributed by atoms with van der Waals surface area (Å²) in [6.45, 7) is 2.12. The van der Waals surface area contributed by atoms with Crippen molar-refractivity contribution >= 4 is 35.4 Å². The second-order valence-corrected chi connectivity index (χ2v) is 10.5. The number of hydrogen-bond acceptors (Lipinski definition) is 2. The molecule has 2 atom stereocenters. The van der Waals surface area contributed by atoms with Crippen LogP contribution >= 0.6 is 0 Å². The summed E-state index contributed by atoms with van der Waals surface area (Å²) in [7, 11) is 7.07. The number of fused-ring (bicyclic) bond motifs is 3. The molecular weight excluding hydrogens is 449 g/mol. The topological polar surface area (TPSA) is 26.0 Å². The van der Waals surface area contributed by atoms with E-state index in [9.17, 15) is 0 Å². The maximum Gasteiger partial charge on any atom is 0.145 e. The van der Waals surface area contributed by atoms with E-state index in [-0.39, 0.29) is 0 Å². The van der Waals surface area contributed by atoms with Gasteiger partial charge in [-0.05, 0) is 54.2 Å². The van der Waals surface area contributed by atoms with Gasteiger partial charge in [0.15, 0.2) is 0 Å². The minimum absolute atomic E-state index is 0.346. The van der Waals surface area contributed by atoms with E-state index in [1.165, 1.54) is 22.3 Å². The second kappa shape index (κ2) is 7.70. The lowest BCUT2D eigenvalue weighted by Crippen LogP contribution is -2.33. The third-order valence-electron chi connectivity index (χ3n) is 8.61. The maximum atomic E-state index is 7.07. The molecule has 2 heterocycles. The van der Waals surface area contributed by atoms with Crippen LogP contribution < -0.4 is 0 Å². The zero-order chi connectivity index (χ0) is 24.7. The zero-order valence-corrected chi connectivity index (χ0v) is 20.7. The first-order valence-electron chi connectivity index (χ1n) is 13.1. The van der Waals surface area contributed by atoms with Gasteiger partial charge in [-0.25, -0.2) is 0 Å². The quantitative estimate of drug-likeness (QED) is 0.275. The Morgan fingerprint density at radius 1 is 0.811 bits per heavy atom. The number of nitrogens with zero attached hydrogens (tertiary/aromatic N) is 1. The van der Waals surface area contributed by atoms with Crippen molar-refractivity contribution in [1.82, 2.24) is 4.98 Å². The van der Waals surface area contributed by atoms with Crippen molar-refractivity contribution < 1.29 is 4.42 Å². The Kier molecular flexibility index (Phi) is 4.37. The standard InChI is InChI=1S/C34H24BNO/c1-19-14-17-23-22-9-6-12-26(33(22)37-34(23)28(19)27-13-2-3-18-36-27)31-24-10-4-7-20-15-16-21-8-5-11-25(32(31)35)30(21)29(20)24/h2-14,17-18,29-30H,15-16H2,1H3. The van der Waals surface area contributed by atoms with E-state index in [0.717, 1.165) is 68.2 Å². The fourth-order valence-electron chi connectivity index (χ4n) is 7.00. The van der Waals surface area contributed by atoms with Crippen molar-refractivity contribution in [2.24, 2.45) is 11.8 Å². The molecule has 0 aliphatic heterocycles. The molecule has 0 N–H and O–H groups in total. The third kappa shape index (κ3) is 2.86. The van der Waals surface area contributed by atoms with Gasteiger partial charge < -0.3 is 4.42 Å². The fourth-order valence-corrected chi connectivity index (χ4v) is 7.00. The van der Waals surface area contributed by atoms with Gasteiger partial charge in [0.25, 0.3) is 0 Å². The Morgan fingerprint density at radius 3 is 2.35 bits per heavy atom. The Hall–Kier alpha value is -4.11. The van der Waals surface area contributed by atoms with Gasteiger partial charge in [0.05, 0.1) is 5.69 Å². The van der Waals surface area contributed by atoms with E-state index >= 15 is 0 Å². The van der Waals surface area contributed by atoms with E-state index in [2.05, 4.69) is 84.8 Å². The molecule has 4 aliphatic rings. The predicted octanol–water partition coefficient (Wildman–Crippen LogP) is 8.16. The first-order valence-corrected chi connectivity index (χ1v) is 13.1. The molecule has 174 valence electrons. The van der Waals surface area contributed by atoms with Gasteiger partial charge in [0.1, 0.15) is 19.0 Å². The summed E-state index contributed by atoms with van der Waals surface area (Å²) in [6.07, 6.45) is 17.6. The van der Waals surface area contributed by atoms with Crippen molar-refractivity contribution in [2.75, 3.05) is 0 Å². The van der Waals surface area contributed by atoms with Crippen molar-refractivity contribution in [3.8, 4) is 11.3 Å². The fraction of sp³-hybridized carbons (Fsp3) is 0.147. The summed E-state index contributed by atoms with van der Waals surface area (Å²) >= 11 is 0. The minimum Gasteiger partial charge on any atom is -0.455 e. The molecule has 3 heteroatoms. The van der Waals surface area contributed by atoms with E-state index in [1.54, 1.807) is 0 Å². The Balaban J connectivity index is 1.43. The summed E-state index contributed by atoms with van der Waals surface area (Å²) < 4.78 is 6.81. The van der Waals surface area contributed by atoms with Gasteiger partial charge in [-0.3, -0.25) is 4.98 Å². The van der Waals surface area contributed by atoms with Crippen LogP contribution in [0.15, 0.2) is 123 Å². The van der Waals surface area contributed by atoms with Gasteiger partial charge in [0.2, 0.25) is 0 Å². The smallest absolute Gasteiger partial charge is 0.145 e. The Morgan fingerprint density at radius 2 is 1.57 bits per heavy atom. The molecule has 0 saturated heterocycles. The lowest BCUT2D eigenvalue weighted by Gasteiger charge is -2.45. The van der Waals surface area contributed by atoms with Crippen LogP contribution in [0.3, 0.4) is 0 Å². The molecule has 0 spiro atoms. The van der Waals surface area contributed by atoms with Crippen molar-refractivity contribution in [3.63, 3.8) is 0 Å². The summed E-state index contributed by atoms with van der Waals surface area (Å²) in [5.41, 5.74) is 13.5. The number of aromatic nitrogens is 1. The van der Waals surface area contributed by atoms with Gasteiger partial charge in [-0.2, -0.15) is 0 Å². The highest BCUT2D eigenvalue weighted by Gasteiger charge is 2.42. The van der Waals surface area contributed by atoms with Crippen LogP contribution in [-0.2, 0) is 0 Å². The SMILES string of the molecule is [B]C1=C2C=CC=C3CCC4=CC=CC(=C1c1cccc5c1oc1c(-c6ccccn6)c(C)ccc15)C4C32. The van der Waals surface area contributed by atoms with Crippen molar-refractivity contribution in [2.45, 2.75) is 19.8 Å². The number of para-hydroxylation sites is 1. The number of aryl methyl sites for hydroxylation is 1. The molecule has 2 radical (unpaired) electrons. The molecule has 2 aromatic heterocycles. The van der Waals surface area contributed by atoms with Crippen LogP contribution in [0.2, 0.25) is 0 Å². The zero-order valence-electron chi connectivity index (χ0n) is 20.7. The molecule has 2 aromatic carbocycles. The van der Waals surface area contributed by atoms with Gasteiger partial charge >= 0.3 is 0 Å². The molecule has 2 unspecified atom stereocenters. The number of allylic oxidation sites excluding steroid dienone is 12. The molecule has 8 rings (SSSR count). The van der Waals surface area contributed by atoms with Gasteiger partial charge in [-0.15, -0.1) is 0 Å². The second-order valence-electron chi connectivity index (χ2n) is 10.5. The van der Waals surface area contributed by atoms with E-state index < -0.39 is 0 Å². The maximum absolute atomic E-state index is 7.07. The highest BCUT2D eigenvalue weighted by Crippen LogP contribution is 2.56. The molecule has 0 amide bonds. The number of furan rings is 1. The summed E-state index contributed by atoms with van der Waals surface area (Å²) in [4.78, 5) is 4.65. The summed E-state index contributed by atoms with van der Waals surface area (Å²) in [5.74, 6) is 0.695. The molecule has 4 aliphatic carbocycles. The van der Waals surface area contributed by atoms with Gasteiger partial charge in [-0.1, -0.05) is 89.5 Å². The first-order chi connectivity index (χ1) is 18.2. The predicted molar refractivity (Wildman–Crippen MR) is 152 cm³/mol. The normalized spacial score (nSPS) is 22.0. The van der Waals surface area contributed by atoms with E-state index in [0.29, 0.717) is 11.8 Å². The lowest BCUT2D eigenvalue weighted by molar-refractivity contribution is 0.481. The van der Waals surface area contributed by atoms with Crippen LogP contribution in [0.25, 0.3) is 38.8 Å². The summed E-state index contributed by atoms with van der Waals surface area (Å²) in [5, 5.41) is 2.21. The van der Waals surface area contributed by atoms with Gasteiger partial charge in [0, 0.05) is 39.9 Å². The summed E-state index contributed by atoms with van der Waals surface area (Å²) in [6, 6.07) is 16.8. The van der Waals surface area contributed by atoms with Crippen LogP contribution in [0.1, 0.15) is 24.0 Å². The molecule has 0 bridgehead atoms. The average molecular weight is 473 g/mol. The Labute approximate surface area is 217 Å². The molecule has 2 nitrogen and oxygen atoms in total. The van der Waals surface area contributed by atoms with Crippen molar-refractivity contribution in [3.05, 3.63) is 130 Å². The van der Waals surface area contributed by atoms with Crippen LogP contribution in [0, 0.1) is 18.8 Å². The molecule has 37 heavy (non-hydrogen) atoms. The van der Waals surface area contributed by atoms with Crippen LogP contribution in [-0.4, -0.2) is 12.8 Å². The minimum atomic E-state index is 0.346. The average Bonchev–Trinajstić information content (AvgIpc) is 3.32. The highest BCUT2D eigenvalue weighted by atomic mass is 16.3. The largest absolute Gasteiger partial charge is 0.455 e. The van der Waals surface area contributed by atoms with Crippen LogP contribution in [0.5, 0.6) is 0 Å². The monoisotopic (exact) mass is 473 g/mol. The van der Waals surface area contributed by atoms with E-state index in [4.69, 9.17) is 12.3 Å². The van der Waals surface area contributed by atoms with Crippen LogP contribution in [0.4, 0.5) is 0 Å². The molecular formula is C34H24BNO. The van der Waals surface area contributed by atoms with Crippen molar-refractivity contribution in [1.29, 1.82) is 0 Å². The highest BCUT2D eigenvalue weighted by molar-refractivity contribution is 6.33. The molecule has 1 fully saturated rings. The number of hydrogen-bond donors (Lipinski definition) is 0. The third-order valence-corrected chi connectivity index (χ3v) is 8.61. The molecule has 4 aromatic rings. The Bertz CT molecular complexity index is 1840.